The van der Waals surface area contributed by atoms with Crippen molar-refractivity contribution in [2.24, 2.45) is 11.7 Å². The third-order valence-electron chi connectivity index (χ3n) is 3.93. The molecule has 0 aromatic carbocycles. The van der Waals surface area contributed by atoms with Gasteiger partial charge in [-0.2, -0.15) is 0 Å². The average Bonchev–Trinajstić information content (AvgIpc) is 2.91. The fourth-order valence-corrected chi connectivity index (χ4v) is 2.76. The summed E-state index contributed by atoms with van der Waals surface area (Å²) in [4.78, 5) is 37.2. The Kier molecular flexibility index (Phi) is 6.96. The average molecular weight is 329 g/mol. The highest BCUT2D eigenvalue weighted by atomic mass is 16.4. The number of aliphatic hydroxyl groups is 1. The number of carboxylic acid groups (broad SMARTS) is 1. The van der Waals surface area contributed by atoms with E-state index in [2.05, 4.69) is 5.32 Å². The number of nitrogens with two attached hydrogens (primary N) is 1. The highest BCUT2D eigenvalue weighted by Crippen LogP contribution is 2.20. The molecular weight excluding hydrogens is 302 g/mol. The van der Waals surface area contributed by atoms with Gasteiger partial charge >= 0.3 is 5.97 Å². The zero-order valence-electron chi connectivity index (χ0n) is 13.9. The van der Waals surface area contributed by atoms with Crippen molar-refractivity contribution in [1.82, 2.24) is 10.2 Å². The molecular formula is C15H27N3O5. The van der Waals surface area contributed by atoms with Gasteiger partial charge in [-0.3, -0.25) is 9.59 Å². The molecule has 4 atom stereocenters. The molecule has 8 heteroatoms. The number of likely N-dealkylation sites (tertiary alicyclic amines) is 1. The van der Waals surface area contributed by atoms with Gasteiger partial charge in [0, 0.05) is 6.54 Å². The van der Waals surface area contributed by atoms with Crippen LogP contribution in [0.1, 0.15) is 40.0 Å². The van der Waals surface area contributed by atoms with E-state index in [0.29, 0.717) is 25.8 Å². The third-order valence-corrected chi connectivity index (χ3v) is 3.93. The van der Waals surface area contributed by atoms with E-state index in [9.17, 15) is 19.5 Å². The van der Waals surface area contributed by atoms with Crippen LogP contribution in [-0.2, 0) is 14.4 Å². The number of nitrogens with zero attached hydrogens (tertiary/aromatic N) is 1. The van der Waals surface area contributed by atoms with E-state index in [1.165, 1.54) is 11.8 Å². The van der Waals surface area contributed by atoms with Crippen LogP contribution in [0.3, 0.4) is 0 Å². The van der Waals surface area contributed by atoms with E-state index in [1.54, 1.807) is 0 Å². The Bertz CT molecular complexity index is 452. The van der Waals surface area contributed by atoms with E-state index in [0.717, 1.165) is 0 Å². The number of amides is 2. The second-order valence-corrected chi connectivity index (χ2v) is 6.49. The molecule has 5 N–H and O–H groups in total. The standard InChI is InChI=1S/C15H27N3O5/c1-8(2)7-10(16)14(21)18-6-4-5-11(18)13(20)17-12(9(3)19)15(22)23/h8-12,19H,4-7,16H2,1-3H3,(H,17,20)(H,22,23). The lowest BCUT2D eigenvalue weighted by atomic mass is 10.0. The molecule has 8 nitrogen and oxygen atoms in total. The fourth-order valence-electron chi connectivity index (χ4n) is 2.76. The van der Waals surface area contributed by atoms with Gasteiger partial charge in [-0.15, -0.1) is 0 Å². The summed E-state index contributed by atoms with van der Waals surface area (Å²) in [6.45, 7) is 5.63. The number of aliphatic hydroxyl groups excluding tert-OH is 1. The summed E-state index contributed by atoms with van der Waals surface area (Å²) in [7, 11) is 0. The van der Waals surface area contributed by atoms with E-state index >= 15 is 0 Å². The maximum atomic E-state index is 12.4. The molecule has 1 aliphatic heterocycles. The Balaban J connectivity index is 2.76. The second kappa shape index (κ2) is 8.26. The number of nitrogens with one attached hydrogen (secondary N) is 1. The first kappa shape index (κ1) is 19.4. The number of carboxylic acids is 1. The summed E-state index contributed by atoms with van der Waals surface area (Å²) < 4.78 is 0. The smallest absolute Gasteiger partial charge is 0.328 e. The molecule has 4 unspecified atom stereocenters. The molecule has 0 aromatic heterocycles. The van der Waals surface area contributed by atoms with Crippen molar-refractivity contribution < 1.29 is 24.6 Å². The first-order chi connectivity index (χ1) is 10.6. The van der Waals surface area contributed by atoms with Gasteiger partial charge in [-0.05, 0) is 32.1 Å². The highest BCUT2D eigenvalue weighted by Gasteiger charge is 2.38. The molecule has 0 saturated carbocycles. The zero-order valence-corrected chi connectivity index (χ0v) is 13.9. The molecule has 1 fully saturated rings. The fraction of sp³-hybridized carbons (Fsp3) is 0.800. The summed E-state index contributed by atoms with van der Waals surface area (Å²) in [5, 5.41) is 20.8. The first-order valence-electron chi connectivity index (χ1n) is 7.92. The molecule has 0 spiro atoms. The van der Waals surface area contributed by atoms with Crippen LogP contribution < -0.4 is 11.1 Å². The summed E-state index contributed by atoms with van der Waals surface area (Å²) in [6.07, 6.45) is 0.405. The summed E-state index contributed by atoms with van der Waals surface area (Å²) >= 11 is 0. The van der Waals surface area contributed by atoms with Gasteiger partial charge in [-0.25, -0.2) is 4.79 Å². The van der Waals surface area contributed by atoms with Crippen molar-refractivity contribution in [1.29, 1.82) is 0 Å². The minimum Gasteiger partial charge on any atom is -0.480 e. The van der Waals surface area contributed by atoms with E-state index < -0.39 is 36.1 Å². The third kappa shape index (κ3) is 5.18. The molecule has 1 heterocycles. The van der Waals surface area contributed by atoms with Crippen LogP contribution in [0.15, 0.2) is 0 Å². The summed E-state index contributed by atoms with van der Waals surface area (Å²) in [5.41, 5.74) is 5.90. The molecule has 132 valence electrons. The Morgan fingerprint density at radius 3 is 2.39 bits per heavy atom. The van der Waals surface area contributed by atoms with Gasteiger partial charge < -0.3 is 26.2 Å². The van der Waals surface area contributed by atoms with E-state index in [4.69, 9.17) is 10.8 Å². The number of hydrogen-bond donors (Lipinski definition) is 4. The number of rotatable bonds is 7. The van der Waals surface area contributed by atoms with Crippen molar-refractivity contribution in [2.45, 2.75) is 64.3 Å². The lowest BCUT2D eigenvalue weighted by Gasteiger charge is -2.28. The summed E-state index contributed by atoms with van der Waals surface area (Å²) in [6, 6.07) is -2.80. The van der Waals surface area contributed by atoms with Gasteiger partial charge in [-0.1, -0.05) is 13.8 Å². The van der Waals surface area contributed by atoms with Crippen LogP contribution in [-0.4, -0.2) is 63.7 Å². The van der Waals surface area contributed by atoms with Crippen LogP contribution in [0.4, 0.5) is 0 Å². The minimum atomic E-state index is -1.40. The van der Waals surface area contributed by atoms with Gasteiger partial charge in [0.05, 0.1) is 12.1 Å². The first-order valence-corrected chi connectivity index (χ1v) is 7.92. The topological polar surface area (TPSA) is 133 Å². The van der Waals surface area contributed by atoms with Crippen LogP contribution in [0.25, 0.3) is 0 Å². The molecule has 0 radical (unpaired) electrons. The highest BCUT2D eigenvalue weighted by molar-refractivity contribution is 5.92. The van der Waals surface area contributed by atoms with Crippen LogP contribution >= 0.6 is 0 Å². The van der Waals surface area contributed by atoms with Gasteiger partial charge in [0.2, 0.25) is 11.8 Å². The predicted molar refractivity (Wildman–Crippen MR) is 83.4 cm³/mol. The molecule has 0 aromatic rings. The quantitative estimate of drug-likeness (QED) is 0.488. The van der Waals surface area contributed by atoms with Crippen molar-refractivity contribution in [2.75, 3.05) is 6.54 Å². The SMILES string of the molecule is CC(C)CC(N)C(=O)N1CCCC1C(=O)NC(C(=O)O)C(C)O. The van der Waals surface area contributed by atoms with Crippen molar-refractivity contribution in [3.05, 3.63) is 0 Å². The Morgan fingerprint density at radius 1 is 1.30 bits per heavy atom. The summed E-state index contributed by atoms with van der Waals surface area (Å²) in [5.74, 6) is -1.92. The van der Waals surface area contributed by atoms with Crippen LogP contribution in [0.2, 0.25) is 0 Å². The normalized spacial score (nSPS) is 21.8. The molecule has 1 rings (SSSR count). The van der Waals surface area contributed by atoms with E-state index in [1.807, 2.05) is 13.8 Å². The van der Waals surface area contributed by atoms with E-state index in [-0.39, 0.29) is 11.8 Å². The van der Waals surface area contributed by atoms with Gasteiger partial charge in [0.15, 0.2) is 6.04 Å². The van der Waals surface area contributed by atoms with Gasteiger partial charge in [0.1, 0.15) is 6.04 Å². The predicted octanol–water partition coefficient (Wildman–Crippen LogP) is -0.699. The molecule has 2 amide bonds. The minimum absolute atomic E-state index is 0.260. The zero-order chi connectivity index (χ0) is 17.7. The number of aliphatic carboxylic acids is 1. The van der Waals surface area contributed by atoms with Crippen LogP contribution in [0.5, 0.6) is 0 Å². The lowest BCUT2D eigenvalue weighted by molar-refractivity contribution is -0.146. The Morgan fingerprint density at radius 2 is 1.91 bits per heavy atom. The lowest BCUT2D eigenvalue weighted by Crippen LogP contribution is -2.56. The molecule has 23 heavy (non-hydrogen) atoms. The largest absolute Gasteiger partial charge is 0.480 e. The molecule has 1 saturated heterocycles. The second-order valence-electron chi connectivity index (χ2n) is 6.49. The Hall–Kier alpha value is -1.67. The van der Waals surface area contributed by atoms with Crippen molar-refractivity contribution >= 4 is 17.8 Å². The van der Waals surface area contributed by atoms with Crippen LogP contribution in [0, 0.1) is 5.92 Å². The van der Waals surface area contributed by atoms with Gasteiger partial charge in [0.25, 0.3) is 0 Å². The number of carbonyl (C=O) groups is 3. The Labute approximate surface area is 136 Å². The molecule has 1 aliphatic rings. The maximum Gasteiger partial charge on any atom is 0.328 e. The number of carbonyl (C=O) groups excluding carboxylic acids is 2. The molecule has 0 aliphatic carbocycles. The van der Waals surface area contributed by atoms with Crippen molar-refractivity contribution in [3.63, 3.8) is 0 Å². The monoisotopic (exact) mass is 329 g/mol. The maximum absolute atomic E-state index is 12.4. The molecule has 0 bridgehead atoms. The number of hydrogen-bond acceptors (Lipinski definition) is 5. The van der Waals surface area contributed by atoms with Crippen molar-refractivity contribution in [3.8, 4) is 0 Å².